The standard InChI is InChI=1S/C28H21N3O2S2/c1-17-4-2-5-19(16-17)23-13-12-22-25(29)26(35-28(22)31-23)27(33)30-20-9-7-18(8-10-20)24(32)14-11-21-6-3-15-34-21/h2-16H,29H2,1H3,(H,30,33)/b14-11+. The molecule has 35 heavy (non-hydrogen) atoms. The molecule has 0 unspecified atom stereocenters. The van der Waals surface area contributed by atoms with Gasteiger partial charge in [-0.2, -0.15) is 0 Å². The Labute approximate surface area is 210 Å². The largest absolute Gasteiger partial charge is 0.397 e. The van der Waals surface area contributed by atoms with Crippen molar-refractivity contribution in [3.63, 3.8) is 0 Å². The number of nitrogen functional groups attached to an aromatic ring is 1. The molecule has 0 aliphatic heterocycles. The summed E-state index contributed by atoms with van der Waals surface area (Å²) in [6.45, 7) is 2.04. The summed E-state index contributed by atoms with van der Waals surface area (Å²) in [6, 6.07) is 22.7. The third-order valence-electron chi connectivity index (χ3n) is 5.48. The molecule has 3 aromatic heterocycles. The van der Waals surface area contributed by atoms with Gasteiger partial charge in [0.25, 0.3) is 5.91 Å². The second-order valence-corrected chi connectivity index (χ2v) is 9.99. The Kier molecular flexibility index (Phi) is 6.27. The van der Waals surface area contributed by atoms with E-state index in [9.17, 15) is 9.59 Å². The van der Waals surface area contributed by atoms with Crippen LogP contribution in [-0.2, 0) is 0 Å². The van der Waals surface area contributed by atoms with Crippen molar-refractivity contribution in [3.8, 4) is 11.3 Å². The third-order valence-corrected chi connectivity index (χ3v) is 7.43. The first-order valence-electron chi connectivity index (χ1n) is 10.9. The Balaban J connectivity index is 1.32. The van der Waals surface area contributed by atoms with Crippen LogP contribution in [0.2, 0.25) is 0 Å². The molecule has 1 amide bonds. The number of nitrogens with zero attached hydrogens (tertiary/aromatic N) is 1. The summed E-state index contributed by atoms with van der Waals surface area (Å²) in [5.41, 5.74) is 10.9. The minimum absolute atomic E-state index is 0.0967. The minimum atomic E-state index is -0.306. The summed E-state index contributed by atoms with van der Waals surface area (Å²) >= 11 is 2.84. The predicted octanol–water partition coefficient (Wildman–Crippen LogP) is 7.06. The number of carbonyl (C=O) groups is 2. The highest BCUT2D eigenvalue weighted by atomic mass is 32.1. The summed E-state index contributed by atoms with van der Waals surface area (Å²) in [5.74, 6) is -0.403. The molecule has 0 fully saturated rings. The number of nitrogens with two attached hydrogens (primary N) is 1. The van der Waals surface area contributed by atoms with Crippen molar-refractivity contribution in [3.05, 3.63) is 105 Å². The van der Waals surface area contributed by atoms with Crippen LogP contribution >= 0.6 is 22.7 Å². The lowest BCUT2D eigenvalue weighted by molar-refractivity contribution is 0.102. The number of pyridine rings is 1. The van der Waals surface area contributed by atoms with E-state index in [1.165, 1.54) is 11.3 Å². The van der Waals surface area contributed by atoms with E-state index in [0.717, 1.165) is 27.1 Å². The fourth-order valence-electron chi connectivity index (χ4n) is 3.68. The fraction of sp³-hybridized carbons (Fsp3) is 0.0357. The number of aryl methyl sites for hydroxylation is 1. The maximum absolute atomic E-state index is 13.0. The number of thiophene rings is 2. The van der Waals surface area contributed by atoms with E-state index in [2.05, 4.69) is 11.4 Å². The van der Waals surface area contributed by atoms with Gasteiger partial charge in [-0.15, -0.1) is 22.7 Å². The predicted molar refractivity (Wildman–Crippen MR) is 146 cm³/mol. The van der Waals surface area contributed by atoms with Crippen LogP contribution in [0.25, 0.3) is 27.6 Å². The third kappa shape index (κ3) is 4.91. The van der Waals surface area contributed by atoms with Gasteiger partial charge >= 0.3 is 0 Å². The van der Waals surface area contributed by atoms with E-state index < -0.39 is 0 Å². The molecule has 3 heterocycles. The number of benzene rings is 2. The molecule has 0 atom stereocenters. The van der Waals surface area contributed by atoms with Gasteiger partial charge in [-0.1, -0.05) is 29.8 Å². The fourth-order valence-corrected chi connectivity index (χ4v) is 5.28. The van der Waals surface area contributed by atoms with Gasteiger partial charge in [-0.3, -0.25) is 9.59 Å². The monoisotopic (exact) mass is 495 g/mol. The SMILES string of the molecule is Cc1cccc(-c2ccc3c(N)c(C(=O)Nc4ccc(C(=O)/C=C/c5cccs5)cc4)sc3n2)c1. The molecule has 0 aliphatic rings. The number of hydrogen-bond acceptors (Lipinski definition) is 6. The van der Waals surface area contributed by atoms with Crippen LogP contribution in [0.4, 0.5) is 11.4 Å². The number of hydrogen-bond donors (Lipinski definition) is 2. The Bertz CT molecular complexity index is 1570. The van der Waals surface area contributed by atoms with E-state index >= 15 is 0 Å². The molecule has 5 rings (SSSR count). The Morgan fingerprint density at radius 2 is 1.83 bits per heavy atom. The highest BCUT2D eigenvalue weighted by Gasteiger charge is 2.18. The number of fused-ring (bicyclic) bond motifs is 1. The van der Waals surface area contributed by atoms with E-state index in [1.807, 2.05) is 54.8 Å². The van der Waals surface area contributed by atoms with Gasteiger partial charge in [0, 0.05) is 27.1 Å². The second kappa shape index (κ2) is 9.66. The summed E-state index contributed by atoms with van der Waals surface area (Å²) in [4.78, 5) is 32.2. The van der Waals surface area contributed by atoms with Crippen molar-refractivity contribution < 1.29 is 9.59 Å². The lowest BCUT2D eigenvalue weighted by atomic mass is 10.1. The van der Waals surface area contributed by atoms with Gasteiger partial charge in [0.15, 0.2) is 5.78 Å². The molecule has 0 radical (unpaired) electrons. The van der Waals surface area contributed by atoms with E-state index in [1.54, 1.807) is 47.8 Å². The molecule has 0 spiro atoms. The van der Waals surface area contributed by atoms with Gasteiger partial charge < -0.3 is 11.1 Å². The summed E-state index contributed by atoms with van der Waals surface area (Å²) in [7, 11) is 0. The average Bonchev–Trinajstić information content (AvgIpc) is 3.50. The molecule has 7 heteroatoms. The molecule has 3 N–H and O–H groups in total. The van der Waals surface area contributed by atoms with Crippen molar-refractivity contribution in [1.82, 2.24) is 4.98 Å². The lowest BCUT2D eigenvalue weighted by Crippen LogP contribution is -2.12. The Morgan fingerprint density at radius 3 is 2.57 bits per heavy atom. The molecule has 2 aromatic carbocycles. The van der Waals surface area contributed by atoms with E-state index in [4.69, 9.17) is 10.7 Å². The molecule has 0 saturated carbocycles. The average molecular weight is 496 g/mol. The highest BCUT2D eigenvalue weighted by Crippen LogP contribution is 2.34. The van der Waals surface area contributed by atoms with Crippen LogP contribution in [0.3, 0.4) is 0 Å². The van der Waals surface area contributed by atoms with Gasteiger partial charge in [0.2, 0.25) is 0 Å². The quantitative estimate of drug-likeness (QED) is 0.195. The van der Waals surface area contributed by atoms with Gasteiger partial charge in [-0.25, -0.2) is 4.98 Å². The number of amides is 1. The maximum atomic E-state index is 13.0. The van der Waals surface area contributed by atoms with Crippen LogP contribution in [0.5, 0.6) is 0 Å². The molecule has 0 bridgehead atoms. The van der Waals surface area contributed by atoms with Crippen molar-refractivity contribution >= 4 is 62.0 Å². The van der Waals surface area contributed by atoms with Gasteiger partial charge in [-0.05, 0) is 73.0 Å². The second-order valence-electron chi connectivity index (χ2n) is 8.01. The summed E-state index contributed by atoms with van der Waals surface area (Å²) < 4.78 is 0. The molecule has 0 saturated heterocycles. The van der Waals surface area contributed by atoms with Crippen molar-refractivity contribution in [2.24, 2.45) is 0 Å². The number of carbonyl (C=O) groups excluding carboxylic acids is 2. The molecule has 5 aromatic rings. The normalized spacial score (nSPS) is 11.2. The van der Waals surface area contributed by atoms with Gasteiger partial charge in [0.1, 0.15) is 9.71 Å². The van der Waals surface area contributed by atoms with Gasteiger partial charge in [0.05, 0.1) is 11.4 Å². The number of ketones is 1. The zero-order chi connectivity index (χ0) is 24.4. The first-order valence-corrected chi connectivity index (χ1v) is 12.6. The molecule has 172 valence electrons. The molecule has 0 aliphatic carbocycles. The smallest absolute Gasteiger partial charge is 0.267 e. The first kappa shape index (κ1) is 22.7. The van der Waals surface area contributed by atoms with Crippen molar-refractivity contribution in [1.29, 1.82) is 0 Å². The highest BCUT2D eigenvalue weighted by molar-refractivity contribution is 7.21. The van der Waals surface area contributed by atoms with Crippen molar-refractivity contribution in [2.75, 3.05) is 11.1 Å². The molecular weight excluding hydrogens is 474 g/mol. The number of nitrogens with one attached hydrogen (secondary N) is 1. The Hall–Kier alpha value is -4.07. The maximum Gasteiger partial charge on any atom is 0.267 e. The summed E-state index contributed by atoms with van der Waals surface area (Å²) in [5, 5.41) is 5.59. The molecular formula is C28H21N3O2S2. The van der Waals surface area contributed by atoms with Crippen molar-refractivity contribution in [2.45, 2.75) is 6.92 Å². The minimum Gasteiger partial charge on any atom is -0.397 e. The van der Waals surface area contributed by atoms with Crippen LogP contribution in [0, 0.1) is 6.92 Å². The van der Waals surface area contributed by atoms with Crippen LogP contribution in [0.1, 0.15) is 30.5 Å². The zero-order valence-corrected chi connectivity index (χ0v) is 20.5. The molecule has 5 nitrogen and oxygen atoms in total. The topological polar surface area (TPSA) is 85.1 Å². The number of aromatic nitrogens is 1. The van der Waals surface area contributed by atoms with Crippen LogP contribution in [-0.4, -0.2) is 16.7 Å². The number of rotatable bonds is 6. The Morgan fingerprint density at radius 1 is 1.00 bits per heavy atom. The zero-order valence-electron chi connectivity index (χ0n) is 18.8. The van der Waals surface area contributed by atoms with E-state index in [0.29, 0.717) is 26.6 Å². The first-order chi connectivity index (χ1) is 17.0. The van der Waals surface area contributed by atoms with Crippen LogP contribution < -0.4 is 11.1 Å². The van der Waals surface area contributed by atoms with E-state index in [-0.39, 0.29) is 11.7 Å². The number of anilines is 2. The van der Waals surface area contributed by atoms with Crippen LogP contribution in [0.15, 0.2) is 84.3 Å². The lowest BCUT2D eigenvalue weighted by Gasteiger charge is -2.05. The number of allylic oxidation sites excluding steroid dienone is 1. The summed E-state index contributed by atoms with van der Waals surface area (Å²) in [6.07, 6.45) is 3.35.